The maximum absolute atomic E-state index is 12.0. The van der Waals surface area contributed by atoms with Crippen molar-refractivity contribution in [2.24, 2.45) is 5.92 Å². The predicted octanol–water partition coefficient (Wildman–Crippen LogP) is 1.42. The van der Waals surface area contributed by atoms with Crippen molar-refractivity contribution in [1.29, 1.82) is 0 Å². The summed E-state index contributed by atoms with van der Waals surface area (Å²) >= 11 is 0. The molecule has 0 spiro atoms. The van der Waals surface area contributed by atoms with Crippen LogP contribution < -0.4 is 5.32 Å². The van der Waals surface area contributed by atoms with Crippen LogP contribution >= 0.6 is 0 Å². The van der Waals surface area contributed by atoms with Crippen molar-refractivity contribution in [3.63, 3.8) is 0 Å². The van der Waals surface area contributed by atoms with Crippen LogP contribution in [-0.4, -0.2) is 115 Å². The van der Waals surface area contributed by atoms with E-state index in [2.05, 4.69) is 10.2 Å². The normalized spacial score (nSPS) is 30.1. The Balaban J connectivity index is 0.00000334. The first kappa shape index (κ1) is 34.2. The van der Waals surface area contributed by atoms with Crippen molar-refractivity contribution >= 4 is 5.91 Å². The second-order valence-corrected chi connectivity index (χ2v) is 10.0. The fourth-order valence-corrected chi connectivity index (χ4v) is 4.88. The number of hydrogen-bond acceptors (Lipinski definition) is 9. The molecule has 0 radical (unpaired) electrons. The SMILES string of the molecule is CC.COC[C@@H]1C[C@@H](O)CN1CCCCCCNC(=O)CCCCCO[C@@H]1OC(CO)[C@H](O)[C@H](O)C1C. The van der Waals surface area contributed by atoms with Gasteiger partial charge in [0, 0.05) is 45.2 Å². The summed E-state index contributed by atoms with van der Waals surface area (Å²) in [5, 5.41) is 42.0. The molecule has 0 saturated carbocycles. The summed E-state index contributed by atoms with van der Waals surface area (Å²) in [6, 6.07) is 0.325. The second kappa shape index (κ2) is 20.1. The van der Waals surface area contributed by atoms with E-state index in [1.54, 1.807) is 14.0 Å². The molecular weight excluding hydrogens is 480 g/mol. The Labute approximate surface area is 223 Å². The number of carbonyl (C=O) groups excluding carboxylic acids is 1. The maximum atomic E-state index is 12.0. The Kier molecular flexibility index (Phi) is 18.6. The van der Waals surface area contributed by atoms with E-state index in [0.29, 0.717) is 32.2 Å². The van der Waals surface area contributed by atoms with Crippen molar-refractivity contribution in [2.45, 2.75) is 115 Å². The summed E-state index contributed by atoms with van der Waals surface area (Å²) in [5.41, 5.74) is 0. The standard InChI is InChI=1S/C25H48N2O8.C2H6/c1-18-23(31)24(32)21(16-28)35-25(18)34-13-9-5-6-10-22(30)26-11-7-3-4-8-12-27-15-20(29)14-19(27)17-33-2;1-2/h18-21,23-25,28-29,31-32H,3-17H2,1-2H3,(H,26,30);1-2H3/t18?,19-,20+,21?,23+,24-,25+;/m0./s1. The molecule has 0 bridgehead atoms. The molecule has 0 aliphatic carbocycles. The highest BCUT2D eigenvalue weighted by molar-refractivity contribution is 5.75. The van der Waals surface area contributed by atoms with Crippen molar-refractivity contribution in [3.8, 4) is 0 Å². The summed E-state index contributed by atoms with van der Waals surface area (Å²) in [6.45, 7) is 8.89. The highest BCUT2D eigenvalue weighted by Gasteiger charge is 2.42. The van der Waals surface area contributed by atoms with Gasteiger partial charge in [0.05, 0.1) is 25.4 Å². The molecule has 0 aromatic heterocycles. The number of amides is 1. The lowest BCUT2D eigenvalue weighted by molar-refractivity contribution is -0.282. The van der Waals surface area contributed by atoms with Gasteiger partial charge in [0.1, 0.15) is 12.2 Å². The number of β-amino-alcohol motifs (C(OH)–C–C–N with tert-alkyl or cyclic N) is 1. The molecule has 2 unspecified atom stereocenters. The average Bonchev–Trinajstić information content (AvgIpc) is 3.25. The van der Waals surface area contributed by atoms with Gasteiger partial charge in [-0.1, -0.05) is 40.0 Å². The van der Waals surface area contributed by atoms with E-state index in [-0.39, 0.29) is 24.5 Å². The number of nitrogens with one attached hydrogen (secondary N) is 1. The third kappa shape index (κ3) is 12.7. The third-order valence-corrected chi connectivity index (χ3v) is 7.08. The van der Waals surface area contributed by atoms with Crippen molar-refractivity contribution < 1.29 is 39.4 Å². The first-order chi connectivity index (χ1) is 17.9. The topological polar surface area (TPSA) is 141 Å². The molecule has 2 aliphatic heterocycles. The number of unbranched alkanes of at least 4 members (excludes halogenated alkanes) is 5. The summed E-state index contributed by atoms with van der Waals surface area (Å²) in [7, 11) is 1.70. The average molecular weight is 535 g/mol. The fourth-order valence-electron chi connectivity index (χ4n) is 4.88. The number of nitrogens with zero attached hydrogens (tertiary/aromatic N) is 1. The molecule has 2 aliphatic rings. The molecule has 10 heteroatoms. The molecule has 220 valence electrons. The van der Waals surface area contributed by atoms with Gasteiger partial charge in [-0.15, -0.1) is 0 Å². The molecule has 7 atom stereocenters. The van der Waals surface area contributed by atoms with E-state index >= 15 is 0 Å². The number of likely N-dealkylation sites (tertiary alicyclic amines) is 1. The molecule has 10 nitrogen and oxygen atoms in total. The zero-order chi connectivity index (χ0) is 27.6. The van der Waals surface area contributed by atoms with E-state index < -0.39 is 24.6 Å². The minimum atomic E-state index is -1.12. The number of carbonyl (C=O) groups is 1. The minimum Gasteiger partial charge on any atom is -0.394 e. The van der Waals surface area contributed by atoms with Gasteiger partial charge in [0.25, 0.3) is 0 Å². The molecule has 37 heavy (non-hydrogen) atoms. The van der Waals surface area contributed by atoms with Crippen LogP contribution in [-0.2, 0) is 19.0 Å². The highest BCUT2D eigenvalue weighted by atomic mass is 16.7. The molecule has 1 amide bonds. The smallest absolute Gasteiger partial charge is 0.219 e. The van der Waals surface area contributed by atoms with Crippen LogP contribution in [0, 0.1) is 5.92 Å². The van der Waals surface area contributed by atoms with Crippen molar-refractivity contribution in [1.82, 2.24) is 10.2 Å². The molecule has 2 rings (SSSR count). The molecule has 2 saturated heterocycles. The van der Waals surface area contributed by atoms with Gasteiger partial charge in [0.15, 0.2) is 6.29 Å². The van der Waals surface area contributed by atoms with Gasteiger partial charge in [-0.3, -0.25) is 9.69 Å². The van der Waals surface area contributed by atoms with Crippen LogP contribution in [0.2, 0.25) is 0 Å². The summed E-state index contributed by atoms with van der Waals surface area (Å²) in [4.78, 5) is 14.3. The second-order valence-electron chi connectivity index (χ2n) is 10.0. The number of aliphatic hydroxyl groups excluding tert-OH is 4. The Morgan fingerprint density at radius 3 is 2.43 bits per heavy atom. The summed E-state index contributed by atoms with van der Waals surface area (Å²) in [6.07, 6.45) is 4.06. The predicted molar refractivity (Wildman–Crippen MR) is 142 cm³/mol. The Hall–Kier alpha value is -0.850. The molecule has 2 fully saturated rings. The van der Waals surface area contributed by atoms with Gasteiger partial charge in [0.2, 0.25) is 5.91 Å². The Morgan fingerprint density at radius 2 is 1.73 bits per heavy atom. The molecule has 2 heterocycles. The molecule has 5 N–H and O–H groups in total. The van der Waals surface area contributed by atoms with Crippen LogP contribution in [0.3, 0.4) is 0 Å². The first-order valence-corrected chi connectivity index (χ1v) is 14.3. The van der Waals surface area contributed by atoms with Gasteiger partial charge in [-0.25, -0.2) is 0 Å². The van der Waals surface area contributed by atoms with E-state index in [9.17, 15) is 25.2 Å². The van der Waals surface area contributed by atoms with Crippen LogP contribution in [0.15, 0.2) is 0 Å². The van der Waals surface area contributed by atoms with Crippen molar-refractivity contribution in [3.05, 3.63) is 0 Å². The summed E-state index contributed by atoms with van der Waals surface area (Å²) in [5.74, 6) is -0.314. The van der Waals surface area contributed by atoms with Crippen molar-refractivity contribution in [2.75, 3.05) is 46.6 Å². The zero-order valence-corrected chi connectivity index (χ0v) is 23.5. The number of ether oxygens (including phenoxy) is 3. The lowest BCUT2D eigenvalue weighted by Crippen LogP contribution is -2.55. The number of rotatable bonds is 17. The molecular formula is C27H54N2O8. The fraction of sp³-hybridized carbons (Fsp3) is 0.963. The monoisotopic (exact) mass is 534 g/mol. The third-order valence-electron chi connectivity index (χ3n) is 7.08. The number of methoxy groups -OCH3 is 1. The quantitative estimate of drug-likeness (QED) is 0.175. The van der Waals surface area contributed by atoms with Gasteiger partial charge in [-0.2, -0.15) is 0 Å². The first-order valence-electron chi connectivity index (χ1n) is 14.3. The van der Waals surface area contributed by atoms with Gasteiger partial charge < -0.3 is 40.0 Å². The highest BCUT2D eigenvalue weighted by Crippen LogP contribution is 2.27. The van der Waals surface area contributed by atoms with Gasteiger partial charge in [-0.05, 0) is 38.6 Å². The minimum absolute atomic E-state index is 0.0755. The van der Waals surface area contributed by atoms with E-state index in [1.165, 1.54) is 0 Å². The Bertz CT molecular complexity index is 583. The zero-order valence-electron chi connectivity index (χ0n) is 23.5. The lowest BCUT2D eigenvalue weighted by Gasteiger charge is -2.40. The van der Waals surface area contributed by atoms with E-state index in [1.807, 2.05) is 13.8 Å². The van der Waals surface area contributed by atoms with E-state index in [0.717, 1.165) is 64.5 Å². The molecule has 0 aromatic carbocycles. The molecule has 0 aromatic rings. The lowest BCUT2D eigenvalue weighted by atomic mass is 9.92. The van der Waals surface area contributed by atoms with Crippen LogP contribution in [0.4, 0.5) is 0 Å². The van der Waals surface area contributed by atoms with E-state index in [4.69, 9.17) is 14.2 Å². The van der Waals surface area contributed by atoms with Crippen LogP contribution in [0.5, 0.6) is 0 Å². The Morgan fingerprint density at radius 1 is 1.03 bits per heavy atom. The largest absolute Gasteiger partial charge is 0.394 e. The van der Waals surface area contributed by atoms with Crippen LogP contribution in [0.1, 0.15) is 78.6 Å². The summed E-state index contributed by atoms with van der Waals surface area (Å²) < 4.78 is 16.5. The number of hydrogen-bond donors (Lipinski definition) is 5. The maximum Gasteiger partial charge on any atom is 0.219 e. The van der Waals surface area contributed by atoms with Gasteiger partial charge >= 0.3 is 0 Å². The number of aliphatic hydroxyl groups is 4. The van der Waals surface area contributed by atoms with Crippen LogP contribution in [0.25, 0.3) is 0 Å².